The molecule has 1 amide bonds. The minimum atomic E-state index is -0.670. The van der Waals surface area contributed by atoms with Gasteiger partial charge in [0.25, 0.3) is 0 Å². The largest absolute Gasteiger partial charge is 0.497 e. The number of ether oxygens (including phenoxy) is 3. The average molecular weight is 490 g/mol. The summed E-state index contributed by atoms with van der Waals surface area (Å²) >= 11 is 0. The summed E-state index contributed by atoms with van der Waals surface area (Å²) in [6.07, 6.45) is 0. The van der Waals surface area contributed by atoms with Crippen LogP contribution in [0.1, 0.15) is 20.8 Å². The van der Waals surface area contributed by atoms with Gasteiger partial charge in [-0.1, -0.05) is 9.90 Å². The van der Waals surface area contributed by atoms with Crippen molar-refractivity contribution in [2.45, 2.75) is 6.54 Å². The molecule has 1 heterocycles. The quantitative estimate of drug-likeness (QED) is 0.276. The van der Waals surface area contributed by atoms with Gasteiger partial charge in [0.1, 0.15) is 17.2 Å². The summed E-state index contributed by atoms with van der Waals surface area (Å²) in [7, 11) is 4.61. The number of hydrogen-bond donors (Lipinski definition) is 2. The molecule has 184 valence electrons. The maximum absolute atomic E-state index is 13.3. The summed E-state index contributed by atoms with van der Waals surface area (Å²) in [5, 5.41) is 5.57. The molecule has 1 aromatic heterocycles. The van der Waals surface area contributed by atoms with Crippen molar-refractivity contribution in [1.29, 1.82) is 0 Å². The molecule has 0 saturated heterocycles. The summed E-state index contributed by atoms with van der Waals surface area (Å²) in [6, 6.07) is 20.0. The van der Waals surface area contributed by atoms with Crippen LogP contribution in [0.5, 0.6) is 17.2 Å². The number of nitrogens with one attached hydrogen (secondary N) is 2. The van der Waals surface area contributed by atoms with Crippen molar-refractivity contribution in [3.63, 3.8) is 0 Å². The fourth-order valence-corrected chi connectivity index (χ4v) is 3.55. The minimum absolute atomic E-state index is 0.233. The second-order valence-corrected chi connectivity index (χ2v) is 7.71. The smallest absolute Gasteiger partial charge is 0.411 e. The molecule has 0 aliphatic rings. The number of hydrogen-bond acceptors (Lipinski definition) is 6. The van der Waals surface area contributed by atoms with Crippen molar-refractivity contribution >= 4 is 17.4 Å². The number of H-pyrrole nitrogens is 1. The molecule has 4 rings (SSSR count). The number of nitrogens with zero attached hydrogens (tertiary/aromatic N) is 2. The lowest BCUT2D eigenvalue weighted by atomic mass is 10.1. The Labute approximate surface area is 206 Å². The Balaban J connectivity index is 1.70. The van der Waals surface area contributed by atoms with E-state index in [4.69, 9.17) is 14.2 Å². The van der Waals surface area contributed by atoms with E-state index < -0.39 is 11.5 Å². The maximum atomic E-state index is 13.3. The van der Waals surface area contributed by atoms with Crippen LogP contribution < -0.4 is 29.8 Å². The van der Waals surface area contributed by atoms with E-state index >= 15 is 0 Å². The van der Waals surface area contributed by atoms with Crippen LogP contribution in [0.25, 0.3) is 5.69 Å². The lowest BCUT2D eigenvalue weighted by Gasteiger charge is -2.05. The zero-order valence-electron chi connectivity index (χ0n) is 20.0. The lowest BCUT2D eigenvalue weighted by molar-refractivity contribution is -0.743. The fraction of sp³-hybridized carbons (Fsp3) is 0.154. The zero-order chi connectivity index (χ0) is 25.7. The molecular formula is C26H25N4O6+. The van der Waals surface area contributed by atoms with E-state index in [0.717, 1.165) is 0 Å². The van der Waals surface area contributed by atoms with Crippen molar-refractivity contribution in [2.24, 2.45) is 0 Å². The number of carbonyl (C=O) groups excluding carboxylic acids is 2. The van der Waals surface area contributed by atoms with Gasteiger partial charge in [-0.3, -0.25) is 9.59 Å². The van der Waals surface area contributed by atoms with E-state index in [2.05, 4.69) is 10.5 Å². The van der Waals surface area contributed by atoms with Gasteiger partial charge in [-0.15, -0.1) is 4.68 Å². The molecule has 0 spiro atoms. The number of aromatic nitrogens is 3. The molecule has 36 heavy (non-hydrogen) atoms. The third-order valence-corrected chi connectivity index (χ3v) is 5.50. The van der Waals surface area contributed by atoms with Gasteiger partial charge in [0.05, 0.1) is 21.3 Å². The standard InChI is InChI=1S/C26H24N4O6/c1-34-20-10-4-17(5-11-20)23(31)16-29-24(25(32)27-18-6-12-21(35-2)13-7-18)26(33)30(28-29)19-8-14-22(36-3)15-9-19/h4-15H,16H2,1-3H3,(H-,27,28,32,33)/p+1. The van der Waals surface area contributed by atoms with E-state index in [9.17, 15) is 14.4 Å². The monoisotopic (exact) mass is 489 g/mol. The van der Waals surface area contributed by atoms with Crippen molar-refractivity contribution in [1.82, 2.24) is 9.90 Å². The van der Waals surface area contributed by atoms with Crippen LogP contribution in [0.2, 0.25) is 0 Å². The molecule has 2 N–H and O–H groups in total. The number of ketones is 1. The molecule has 0 saturated carbocycles. The van der Waals surface area contributed by atoms with E-state index in [0.29, 0.717) is 34.2 Å². The van der Waals surface area contributed by atoms with E-state index in [-0.39, 0.29) is 18.0 Å². The van der Waals surface area contributed by atoms with Crippen LogP contribution in [-0.2, 0) is 6.54 Å². The van der Waals surface area contributed by atoms with Gasteiger partial charge in [0.15, 0.2) is 12.2 Å². The number of carbonyl (C=O) groups is 2. The van der Waals surface area contributed by atoms with Gasteiger partial charge >= 0.3 is 17.2 Å². The molecule has 3 aromatic carbocycles. The number of aromatic amines is 1. The topological polar surface area (TPSA) is 116 Å². The molecule has 0 bridgehead atoms. The molecule has 4 aromatic rings. The Bertz CT molecular complexity index is 1420. The van der Waals surface area contributed by atoms with Gasteiger partial charge in [-0.2, -0.15) is 0 Å². The third-order valence-electron chi connectivity index (χ3n) is 5.50. The highest BCUT2D eigenvalue weighted by molar-refractivity contribution is 6.02. The number of anilines is 1. The Kier molecular flexibility index (Phi) is 7.15. The second-order valence-electron chi connectivity index (χ2n) is 7.71. The summed E-state index contributed by atoms with van der Waals surface area (Å²) in [6.45, 7) is -0.268. The van der Waals surface area contributed by atoms with E-state index in [1.54, 1.807) is 72.8 Å². The first-order valence-electron chi connectivity index (χ1n) is 11.0. The maximum Gasteiger partial charge on any atom is 0.411 e. The normalized spacial score (nSPS) is 10.5. The van der Waals surface area contributed by atoms with Crippen LogP contribution in [0.3, 0.4) is 0 Å². The van der Waals surface area contributed by atoms with Gasteiger partial charge in [0, 0.05) is 11.3 Å². The highest BCUT2D eigenvalue weighted by Crippen LogP contribution is 2.16. The van der Waals surface area contributed by atoms with Crippen molar-refractivity contribution in [3.05, 3.63) is 94.4 Å². The van der Waals surface area contributed by atoms with Crippen LogP contribution in [0, 0.1) is 0 Å². The van der Waals surface area contributed by atoms with Gasteiger partial charge in [-0.05, 0) is 72.8 Å². The van der Waals surface area contributed by atoms with Gasteiger partial charge in [-0.25, -0.2) is 4.79 Å². The first kappa shape index (κ1) is 24.3. The molecule has 0 fully saturated rings. The number of benzene rings is 3. The molecule has 10 nitrogen and oxygen atoms in total. The van der Waals surface area contributed by atoms with Crippen LogP contribution in [-0.4, -0.2) is 42.9 Å². The van der Waals surface area contributed by atoms with Crippen LogP contribution >= 0.6 is 0 Å². The number of amides is 1. The zero-order valence-corrected chi connectivity index (χ0v) is 20.0. The van der Waals surface area contributed by atoms with E-state index in [1.807, 2.05) is 0 Å². The van der Waals surface area contributed by atoms with E-state index in [1.165, 1.54) is 30.7 Å². The van der Waals surface area contributed by atoms with Crippen LogP contribution in [0.4, 0.5) is 5.69 Å². The minimum Gasteiger partial charge on any atom is -0.497 e. The third kappa shape index (κ3) is 5.12. The van der Waals surface area contributed by atoms with Gasteiger partial charge in [0.2, 0.25) is 5.78 Å². The molecule has 0 aliphatic carbocycles. The number of Topliss-reactive ketones (excluding diaryl/α,β-unsaturated/α-hetero) is 1. The number of methoxy groups -OCH3 is 3. The molecule has 0 radical (unpaired) electrons. The lowest BCUT2D eigenvalue weighted by Crippen LogP contribution is -2.47. The Morgan fingerprint density at radius 2 is 1.31 bits per heavy atom. The molecule has 0 unspecified atom stereocenters. The predicted octanol–water partition coefficient (Wildman–Crippen LogP) is 2.61. The first-order valence-corrected chi connectivity index (χ1v) is 11.0. The Morgan fingerprint density at radius 3 is 1.83 bits per heavy atom. The molecule has 10 heteroatoms. The van der Waals surface area contributed by atoms with Crippen molar-refractivity contribution in [3.8, 4) is 22.9 Å². The number of rotatable bonds is 9. The summed E-state index contributed by atoms with van der Waals surface area (Å²) < 4.78 is 17.9. The van der Waals surface area contributed by atoms with Gasteiger partial charge < -0.3 is 19.5 Å². The highest BCUT2D eigenvalue weighted by Gasteiger charge is 2.31. The Morgan fingerprint density at radius 1 is 0.806 bits per heavy atom. The summed E-state index contributed by atoms with van der Waals surface area (Å²) in [5.74, 6) is 0.869. The first-order chi connectivity index (χ1) is 17.4. The van der Waals surface area contributed by atoms with Crippen molar-refractivity contribution < 1.29 is 28.5 Å². The Hall–Kier alpha value is -4.86. The molecule has 0 aliphatic heterocycles. The average Bonchev–Trinajstić information content (AvgIpc) is 3.24. The van der Waals surface area contributed by atoms with Crippen LogP contribution in [0.15, 0.2) is 77.6 Å². The fourth-order valence-electron chi connectivity index (χ4n) is 3.55. The SMILES string of the molecule is COc1ccc(NC(=O)c2c(=O)n(-c3ccc(OC)cc3)[nH][n+]2CC(=O)c2ccc(OC)cc2)cc1. The summed E-state index contributed by atoms with van der Waals surface area (Å²) in [4.78, 5) is 39.6. The molecular weight excluding hydrogens is 464 g/mol. The predicted molar refractivity (Wildman–Crippen MR) is 131 cm³/mol. The highest BCUT2D eigenvalue weighted by atomic mass is 16.5. The molecule has 0 atom stereocenters. The second kappa shape index (κ2) is 10.6. The van der Waals surface area contributed by atoms with Crippen molar-refractivity contribution in [2.75, 3.05) is 26.6 Å². The summed E-state index contributed by atoms with van der Waals surface area (Å²) in [5.41, 5.74) is 0.487.